The number of amidine groups is 1. The van der Waals surface area contributed by atoms with E-state index in [1.54, 1.807) is 13.0 Å². The third-order valence-electron chi connectivity index (χ3n) is 4.01. The number of hydrogen-bond acceptors (Lipinski definition) is 7. The molecule has 0 spiro atoms. The number of thioether (sulfide) groups is 1. The van der Waals surface area contributed by atoms with Crippen LogP contribution in [0.15, 0.2) is 23.2 Å². The molecule has 2 aliphatic heterocycles. The molecular formula is C16H18N4O5S. The van der Waals surface area contributed by atoms with Crippen molar-refractivity contribution in [3.63, 3.8) is 0 Å². The van der Waals surface area contributed by atoms with E-state index in [-0.39, 0.29) is 23.7 Å². The van der Waals surface area contributed by atoms with Gasteiger partial charge in [-0.3, -0.25) is 19.7 Å². The predicted octanol–water partition coefficient (Wildman–Crippen LogP) is 1.56. The molecule has 1 N–H and O–H groups in total. The molecule has 1 fully saturated rings. The van der Waals surface area contributed by atoms with Gasteiger partial charge in [0.05, 0.1) is 18.1 Å². The second-order valence-electron chi connectivity index (χ2n) is 5.97. The van der Waals surface area contributed by atoms with Crippen LogP contribution in [0.5, 0.6) is 0 Å². The molecule has 26 heavy (non-hydrogen) atoms. The van der Waals surface area contributed by atoms with Gasteiger partial charge in [0.2, 0.25) is 5.91 Å². The second-order valence-corrected chi connectivity index (χ2v) is 7.14. The first kappa shape index (κ1) is 18.3. The van der Waals surface area contributed by atoms with E-state index >= 15 is 0 Å². The van der Waals surface area contributed by atoms with E-state index in [1.807, 2.05) is 4.90 Å². The van der Waals surface area contributed by atoms with Gasteiger partial charge in [0.1, 0.15) is 10.9 Å². The Labute approximate surface area is 153 Å². The van der Waals surface area contributed by atoms with E-state index in [0.29, 0.717) is 31.5 Å². The van der Waals surface area contributed by atoms with Crippen LogP contribution in [-0.2, 0) is 14.3 Å². The van der Waals surface area contributed by atoms with Crippen LogP contribution in [0.4, 0.5) is 11.4 Å². The Morgan fingerprint density at radius 3 is 2.88 bits per heavy atom. The van der Waals surface area contributed by atoms with Crippen molar-refractivity contribution in [1.29, 1.82) is 0 Å². The van der Waals surface area contributed by atoms with Crippen molar-refractivity contribution in [3.8, 4) is 0 Å². The molecule has 138 valence electrons. The topological polar surface area (TPSA) is 114 Å². The molecule has 0 aliphatic carbocycles. The number of benzene rings is 1. The van der Waals surface area contributed by atoms with Gasteiger partial charge in [-0.25, -0.2) is 0 Å². The average Bonchev–Trinajstić information content (AvgIpc) is 2.97. The summed E-state index contributed by atoms with van der Waals surface area (Å²) in [5, 5.41) is 13.7. The Bertz CT molecular complexity index is 776. The largest absolute Gasteiger partial charge is 0.378 e. The quantitative estimate of drug-likeness (QED) is 0.624. The number of nitrogens with zero attached hydrogens (tertiary/aromatic N) is 3. The number of nitrogens with one attached hydrogen (secondary N) is 1. The lowest BCUT2D eigenvalue weighted by atomic mass is 10.2. The number of rotatable bonds is 4. The summed E-state index contributed by atoms with van der Waals surface area (Å²) in [5.41, 5.74) is 0.671. The number of ether oxygens (including phenoxy) is 1. The number of morpholine rings is 1. The van der Waals surface area contributed by atoms with Crippen LogP contribution in [0.2, 0.25) is 0 Å². The second kappa shape index (κ2) is 7.83. The van der Waals surface area contributed by atoms with Crippen molar-refractivity contribution in [2.24, 2.45) is 4.99 Å². The van der Waals surface area contributed by atoms with Crippen molar-refractivity contribution in [1.82, 2.24) is 4.90 Å². The summed E-state index contributed by atoms with van der Waals surface area (Å²) in [7, 11) is 0. The molecule has 0 saturated carbocycles. The number of carbonyl (C=O) groups is 2. The number of nitro groups is 1. The van der Waals surface area contributed by atoms with Crippen LogP contribution in [0.1, 0.15) is 12.0 Å². The average molecular weight is 378 g/mol. The Morgan fingerprint density at radius 2 is 2.19 bits per heavy atom. The van der Waals surface area contributed by atoms with Crippen molar-refractivity contribution in [2.75, 3.05) is 31.6 Å². The van der Waals surface area contributed by atoms with E-state index in [9.17, 15) is 19.7 Å². The molecule has 2 amide bonds. The van der Waals surface area contributed by atoms with E-state index in [1.165, 1.54) is 23.9 Å². The molecule has 9 nitrogen and oxygen atoms in total. The van der Waals surface area contributed by atoms with Crippen LogP contribution < -0.4 is 5.32 Å². The van der Waals surface area contributed by atoms with Crippen molar-refractivity contribution in [3.05, 3.63) is 33.9 Å². The maximum atomic E-state index is 12.3. The number of hydrogen-bond donors (Lipinski definition) is 1. The third-order valence-corrected chi connectivity index (χ3v) is 5.22. The van der Waals surface area contributed by atoms with Gasteiger partial charge in [0.25, 0.3) is 11.6 Å². The van der Waals surface area contributed by atoms with Crippen molar-refractivity contribution >= 4 is 40.1 Å². The molecule has 3 rings (SSSR count). The molecule has 0 bridgehead atoms. The molecule has 0 unspecified atom stereocenters. The highest BCUT2D eigenvalue weighted by atomic mass is 32.2. The molecular weight excluding hydrogens is 360 g/mol. The maximum Gasteiger partial charge on any atom is 0.293 e. The van der Waals surface area contributed by atoms with Gasteiger partial charge < -0.3 is 15.0 Å². The highest BCUT2D eigenvalue weighted by Crippen LogP contribution is 2.29. The SMILES string of the molecule is Cc1ccc(NC(=O)C[C@@H]2SC(N3CCOCC3)=NC2=O)c([N+](=O)[O-])c1. The highest BCUT2D eigenvalue weighted by molar-refractivity contribution is 8.15. The Morgan fingerprint density at radius 1 is 1.46 bits per heavy atom. The number of nitro benzene ring substituents is 1. The van der Waals surface area contributed by atoms with Gasteiger partial charge in [-0.2, -0.15) is 4.99 Å². The summed E-state index contributed by atoms with van der Waals surface area (Å²) < 4.78 is 5.27. The molecule has 1 atom stereocenters. The lowest BCUT2D eigenvalue weighted by Crippen LogP contribution is -2.39. The predicted molar refractivity (Wildman–Crippen MR) is 97.3 cm³/mol. The number of aryl methyl sites for hydroxylation is 1. The highest BCUT2D eigenvalue weighted by Gasteiger charge is 2.33. The molecule has 0 aromatic heterocycles. The van der Waals surface area contributed by atoms with E-state index < -0.39 is 16.1 Å². The minimum absolute atomic E-state index is 0.0914. The Balaban J connectivity index is 1.61. The van der Waals surface area contributed by atoms with Crippen LogP contribution in [0.3, 0.4) is 0 Å². The van der Waals surface area contributed by atoms with Crippen LogP contribution in [-0.4, -0.2) is 58.4 Å². The molecule has 1 aromatic rings. The van der Waals surface area contributed by atoms with Crippen LogP contribution in [0.25, 0.3) is 0 Å². The fraction of sp³-hybridized carbons (Fsp3) is 0.438. The monoisotopic (exact) mass is 378 g/mol. The van der Waals surface area contributed by atoms with Crippen LogP contribution in [0, 0.1) is 17.0 Å². The first-order valence-electron chi connectivity index (χ1n) is 8.11. The van der Waals surface area contributed by atoms with Crippen molar-refractivity contribution in [2.45, 2.75) is 18.6 Å². The maximum absolute atomic E-state index is 12.3. The fourth-order valence-corrected chi connectivity index (χ4v) is 3.78. The summed E-state index contributed by atoms with van der Waals surface area (Å²) in [4.78, 5) is 40.9. The number of amides is 2. The minimum atomic E-state index is -0.614. The lowest BCUT2D eigenvalue weighted by Gasteiger charge is -2.27. The van der Waals surface area contributed by atoms with Gasteiger partial charge in [0.15, 0.2) is 5.17 Å². The third kappa shape index (κ3) is 4.20. The van der Waals surface area contributed by atoms with Crippen LogP contribution >= 0.6 is 11.8 Å². The summed E-state index contributed by atoms with van der Waals surface area (Å²) in [5.74, 6) is -0.814. The number of anilines is 1. The molecule has 10 heteroatoms. The zero-order chi connectivity index (χ0) is 18.7. The normalized spacial score (nSPS) is 20.0. The Hall–Kier alpha value is -2.46. The number of aliphatic imine (C=N–C) groups is 1. The molecule has 1 saturated heterocycles. The molecule has 2 aliphatic rings. The molecule has 1 aromatic carbocycles. The standard InChI is InChI=1S/C16H18N4O5S/c1-10-2-3-11(12(8-10)20(23)24)17-14(21)9-13-15(22)18-16(26-13)19-4-6-25-7-5-19/h2-3,8,13H,4-7,9H2,1H3,(H,17,21)/t13-/m0/s1. The lowest BCUT2D eigenvalue weighted by molar-refractivity contribution is -0.384. The summed E-state index contributed by atoms with van der Waals surface area (Å²) in [6.45, 7) is 4.21. The first-order valence-corrected chi connectivity index (χ1v) is 8.99. The van der Waals surface area contributed by atoms with Gasteiger partial charge in [-0.15, -0.1) is 0 Å². The van der Waals surface area contributed by atoms with Crippen molar-refractivity contribution < 1.29 is 19.2 Å². The van der Waals surface area contributed by atoms with Gasteiger partial charge >= 0.3 is 0 Å². The van der Waals surface area contributed by atoms with E-state index in [4.69, 9.17) is 4.74 Å². The molecule has 0 radical (unpaired) electrons. The smallest absolute Gasteiger partial charge is 0.293 e. The summed E-state index contributed by atoms with van der Waals surface area (Å²) in [6.07, 6.45) is -0.0914. The number of carbonyl (C=O) groups excluding carboxylic acids is 2. The molecule has 2 heterocycles. The zero-order valence-electron chi connectivity index (χ0n) is 14.1. The van der Waals surface area contributed by atoms with E-state index in [0.717, 1.165) is 5.56 Å². The van der Waals surface area contributed by atoms with E-state index in [2.05, 4.69) is 10.3 Å². The Kier molecular flexibility index (Phi) is 5.52. The fourth-order valence-electron chi connectivity index (χ4n) is 2.67. The van der Waals surface area contributed by atoms with Gasteiger partial charge in [-0.1, -0.05) is 17.8 Å². The van der Waals surface area contributed by atoms with Gasteiger partial charge in [0, 0.05) is 25.6 Å². The zero-order valence-corrected chi connectivity index (χ0v) is 15.0. The summed E-state index contributed by atoms with van der Waals surface area (Å²) in [6, 6.07) is 4.56. The first-order chi connectivity index (χ1) is 12.4. The summed E-state index contributed by atoms with van der Waals surface area (Å²) >= 11 is 1.25. The van der Waals surface area contributed by atoms with Gasteiger partial charge in [-0.05, 0) is 18.6 Å². The minimum Gasteiger partial charge on any atom is -0.378 e.